The van der Waals surface area contributed by atoms with Crippen LogP contribution in [0.5, 0.6) is 0 Å². The third-order valence-corrected chi connectivity index (χ3v) is 1.82. The Morgan fingerprint density at radius 1 is 1.00 bits per heavy atom. The minimum atomic E-state index is 0. The summed E-state index contributed by atoms with van der Waals surface area (Å²) in [5, 5.41) is 0. The molecule has 7 heteroatoms. The molecule has 0 amide bonds. The fourth-order valence-corrected chi connectivity index (χ4v) is 1.44. The van der Waals surface area contributed by atoms with Crippen LogP contribution in [0.3, 0.4) is 0 Å². The molecule has 1 aromatic heterocycles. The predicted octanol–water partition coefficient (Wildman–Crippen LogP) is -9.96. The molecule has 0 spiro atoms. The Balaban J connectivity index is -0.000000114. The number of fused-ring (bicyclic) bond motifs is 1. The van der Waals surface area contributed by atoms with Gasteiger partial charge in [0.05, 0.1) is 0 Å². The van der Waals surface area contributed by atoms with Gasteiger partial charge in [0.15, 0.2) is 0 Å². The Hall–Kier alpha value is 0.733. The number of para-hydroxylation sites is 2. The maximum absolute atomic E-state index is 5.30. The van der Waals surface area contributed by atoms with E-state index in [2.05, 4.69) is 4.98 Å². The molecule has 16 heavy (non-hydrogen) atoms. The van der Waals surface area contributed by atoms with Gasteiger partial charge >= 0.3 is 73.1 Å². The van der Waals surface area contributed by atoms with Crippen LogP contribution in [0, 0.1) is 0 Å². The summed E-state index contributed by atoms with van der Waals surface area (Å²) in [7, 11) is 0. The molecule has 1 aromatic carbocycles. The maximum atomic E-state index is 5.30. The van der Waals surface area contributed by atoms with Crippen LogP contribution in [0.15, 0.2) is 28.7 Å². The Morgan fingerprint density at radius 3 is 2.00 bits per heavy atom. The molecule has 0 saturated heterocycles. The van der Waals surface area contributed by atoms with Crippen molar-refractivity contribution in [2.45, 2.75) is 13.8 Å². The van der Waals surface area contributed by atoms with Gasteiger partial charge < -0.3 is 49.6 Å². The number of oxazole rings is 1. The molecule has 0 radical (unpaired) electrons. The van der Waals surface area contributed by atoms with Crippen molar-refractivity contribution in [3.05, 3.63) is 24.3 Å². The average molecular weight is 381 g/mol. The van der Waals surface area contributed by atoms with E-state index >= 15 is 0 Å². The van der Waals surface area contributed by atoms with E-state index in [9.17, 15) is 0 Å². The van der Waals surface area contributed by atoms with Crippen LogP contribution >= 0.6 is 0 Å². The molecule has 0 atom stereocenters. The fraction of sp³-hybridized carbons (Fsp3) is 0.222. The first-order valence-corrected chi connectivity index (χ1v) is 5.16. The van der Waals surface area contributed by atoms with Gasteiger partial charge in [-0.2, -0.15) is 0 Å². The molecule has 0 bridgehead atoms. The summed E-state index contributed by atoms with van der Waals surface area (Å²) < 4.78 is 6.11. The van der Waals surface area contributed by atoms with Crippen molar-refractivity contribution in [3.63, 3.8) is 0 Å². The topological polar surface area (TPSA) is 26.0 Å². The first-order chi connectivity index (χ1) is 5.86. The summed E-state index contributed by atoms with van der Waals surface area (Å²) in [4.78, 5) is 4.19. The zero-order valence-corrected chi connectivity index (χ0v) is 14.2. The average Bonchev–Trinajstić information content (AvgIpc) is 2.48. The second kappa shape index (κ2) is 13.8. The Morgan fingerprint density at radius 2 is 1.50 bits per heavy atom. The third-order valence-electron chi connectivity index (χ3n) is 1.29. The molecule has 2 nitrogen and oxygen atoms in total. The molecule has 2 rings (SSSR count). The van der Waals surface area contributed by atoms with Gasteiger partial charge in [-0.3, -0.25) is 0 Å². The van der Waals surface area contributed by atoms with Crippen molar-refractivity contribution in [1.29, 1.82) is 0 Å². The predicted molar refractivity (Wildman–Crippen MR) is 45.0 cm³/mol. The standard InChI is InChI=1S/C7H4NO.C2H6.4ClH.Zr/c1-2-4-7-6(3-1)8-5-9-7;1-2;;;;;/h1-4H;1-2H3;4*1H;/q;;;;;;+4/p-4. The normalized spacial score (nSPS) is 7.00. The van der Waals surface area contributed by atoms with Crippen LogP contribution < -0.4 is 53.2 Å². The monoisotopic (exact) mass is 378 g/mol. The molecule has 0 aliphatic rings. The van der Waals surface area contributed by atoms with E-state index in [1.165, 1.54) is 24.7 Å². The number of nitrogens with zero attached hydrogens (tertiary/aromatic N) is 1. The van der Waals surface area contributed by atoms with E-state index in [0.717, 1.165) is 14.7 Å². The van der Waals surface area contributed by atoms with Crippen molar-refractivity contribution in [1.82, 2.24) is 4.98 Å². The number of hydrogen-bond acceptors (Lipinski definition) is 2. The number of rotatable bonds is 0. The summed E-state index contributed by atoms with van der Waals surface area (Å²) in [6.45, 7) is 4.00. The molecule has 0 fully saturated rings. The van der Waals surface area contributed by atoms with Crippen molar-refractivity contribution < 1.29 is 78.8 Å². The number of hydrogen-bond donors (Lipinski definition) is 0. The van der Waals surface area contributed by atoms with Crippen LogP contribution in [0.4, 0.5) is 0 Å². The minimum absolute atomic E-state index is 0. The molecule has 0 aliphatic heterocycles. The summed E-state index contributed by atoms with van der Waals surface area (Å²) in [5.74, 6) is 0. The van der Waals surface area contributed by atoms with Crippen LogP contribution in [-0.4, -0.2) is 4.98 Å². The van der Waals surface area contributed by atoms with Crippen LogP contribution in [0.25, 0.3) is 11.1 Å². The van der Waals surface area contributed by atoms with Gasteiger partial charge in [-0.15, -0.1) is 0 Å². The zero-order valence-electron chi connectivity index (χ0n) is 8.68. The van der Waals surface area contributed by atoms with Crippen molar-refractivity contribution in [3.8, 4) is 0 Å². The number of benzene rings is 1. The van der Waals surface area contributed by atoms with Crippen LogP contribution in [0.2, 0.25) is 0 Å². The van der Waals surface area contributed by atoms with Crippen molar-refractivity contribution in [2.24, 2.45) is 0 Å². The van der Waals surface area contributed by atoms with Gasteiger partial charge in [0.2, 0.25) is 0 Å². The van der Waals surface area contributed by atoms with Gasteiger partial charge in [0.25, 0.3) is 0 Å². The SMILES string of the molecule is CC.[Cl-].[Cl-].[Cl-].[Cl-].[Zr+4][c]1nc2ccccc2o1. The first kappa shape index (κ1) is 25.5. The third kappa shape index (κ3) is 7.14. The Kier molecular flexibility index (Phi) is 22.0. The summed E-state index contributed by atoms with van der Waals surface area (Å²) in [5.41, 5.74) is 1.84. The van der Waals surface area contributed by atoms with E-state index in [1.54, 1.807) is 0 Å². The van der Waals surface area contributed by atoms with Crippen molar-refractivity contribution in [2.75, 3.05) is 0 Å². The first-order valence-electron chi connectivity index (χ1n) is 3.93. The van der Waals surface area contributed by atoms with Gasteiger partial charge in [-0.25, -0.2) is 0 Å². The van der Waals surface area contributed by atoms with Gasteiger partial charge in [0, 0.05) is 0 Å². The van der Waals surface area contributed by atoms with Gasteiger partial charge in [0.1, 0.15) is 0 Å². The second-order valence-electron chi connectivity index (χ2n) is 1.99. The Labute approximate surface area is 135 Å². The van der Waals surface area contributed by atoms with Crippen LogP contribution in [0.1, 0.15) is 13.8 Å². The quantitative estimate of drug-likeness (QED) is 0.453. The molecule has 0 saturated carbocycles. The zero-order chi connectivity index (χ0) is 8.97. The molecular weight excluding hydrogens is 371 g/mol. The second-order valence-corrected chi connectivity index (χ2v) is 3.04. The molecule has 0 N–H and O–H groups in total. The number of halogens is 4. The summed E-state index contributed by atoms with van der Waals surface area (Å²) in [6, 6.07) is 7.78. The molecule has 1 heterocycles. The summed E-state index contributed by atoms with van der Waals surface area (Å²) >= 11 is 1.22. The van der Waals surface area contributed by atoms with E-state index < -0.39 is 0 Å². The van der Waals surface area contributed by atoms with E-state index in [-0.39, 0.29) is 49.6 Å². The number of aromatic nitrogens is 1. The van der Waals surface area contributed by atoms with E-state index in [4.69, 9.17) is 4.42 Å². The van der Waals surface area contributed by atoms with Crippen LogP contribution in [-0.2, 0) is 24.7 Å². The molecule has 89 valence electrons. The molecule has 0 aliphatic carbocycles. The summed E-state index contributed by atoms with van der Waals surface area (Å²) in [6.07, 6.45) is 0. The van der Waals surface area contributed by atoms with E-state index in [1.807, 2.05) is 38.1 Å². The van der Waals surface area contributed by atoms with Gasteiger partial charge in [-0.05, 0) is 0 Å². The van der Waals surface area contributed by atoms with Gasteiger partial charge in [-0.1, -0.05) is 13.8 Å². The molecule has 0 unspecified atom stereocenters. The van der Waals surface area contributed by atoms with Crippen molar-refractivity contribution >= 4 is 14.7 Å². The van der Waals surface area contributed by atoms with E-state index in [0.29, 0.717) is 0 Å². The fourth-order valence-electron chi connectivity index (χ4n) is 0.872. The Bertz CT molecular complexity index is 336. The molecular formula is C9H10Cl4NOZr. The molecule has 2 aromatic rings.